The van der Waals surface area contributed by atoms with Crippen LogP contribution >= 0.6 is 0 Å². The lowest BCUT2D eigenvalue weighted by Crippen LogP contribution is -2.51. The topological polar surface area (TPSA) is 51.4 Å². The second-order valence-corrected chi connectivity index (χ2v) is 4.19. The molecule has 2 rings (SSSR count). The Balaban J connectivity index is 1.99. The summed E-state index contributed by atoms with van der Waals surface area (Å²) < 4.78 is 10.3. The standard InChI is InChI=1S/C10H17N3O2/c1-7(2)13(9-5-14-6-9)4-10-11-8(3)12-15-10/h7,9H,4-6H2,1-3H3. The molecule has 1 fully saturated rings. The van der Waals surface area contributed by atoms with Crippen LogP contribution in [0.3, 0.4) is 0 Å². The summed E-state index contributed by atoms with van der Waals surface area (Å²) in [5.41, 5.74) is 0. The van der Waals surface area contributed by atoms with E-state index in [1.54, 1.807) is 0 Å². The molecule has 1 saturated heterocycles. The van der Waals surface area contributed by atoms with Gasteiger partial charge in [0.2, 0.25) is 5.89 Å². The second-order valence-electron chi connectivity index (χ2n) is 4.19. The van der Waals surface area contributed by atoms with Gasteiger partial charge >= 0.3 is 0 Å². The van der Waals surface area contributed by atoms with Crippen LogP contribution in [0, 0.1) is 6.92 Å². The fourth-order valence-electron chi connectivity index (χ4n) is 1.71. The average Bonchev–Trinajstić information content (AvgIpc) is 2.47. The minimum atomic E-state index is 0.464. The van der Waals surface area contributed by atoms with Crippen LogP contribution in [0.5, 0.6) is 0 Å². The number of rotatable bonds is 4. The fraction of sp³-hybridized carbons (Fsp3) is 0.800. The van der Waals surface area contributed by atoms with Crippen molar-refractivity contribution in [3.63, 3.8) is 0 Å². The van der Waals surface area contributed by atoms with E-state index in [1.165, 1.54) is 0 Å². The third kappa shape index (κ3) is 2.35. The Bertz CT molecular complexity index is 320. The van der Waals surface area contributed by atoms with Gasteiger partial charge in [0.05, 0.1) is 25.8 Å². The van der Waals surface area contributed by atoms with Crippen molar-refractivity contribution in [2.75, 3.05) is 13.2 Å². The van der Waals surface area contributed by atoms with Gasteiger partial charge in [-0.3, -0.25) is 4.90 Å². The van der Waals surface area contributed by atoms with Crippen LogP contribution in [0.2, 0.25) is 0 Å². The lowest BCUT2D eigenvalue weighted by molar-refractivity contribution is -0.0810. The van der Waals surface area contributed by atoms with Gasteiger partial charge in [0.15, 0.2) is 5.82 Å². The van der Waals surface area contributed by atoms with E-state index in [0.29, 0.717) is 30.3 Å². The van der Waals surface area contributed by atoms with E-state index in [4.69, 9.17) is 9.26 Å². The number of ether oxygens (including phenoxy) is 1. The van der Waals surface area contributed by atoms with E-state index in [2.05, 4.69) is 28.9 Å². The smallest absolute Gasteiger partial charge is 0.240 e. The summed E-state index contributed by atoms with van der Waals surface area (Å²) in [5, 5.41) is 3.79. The van der Waals surface area contributed by atoms with Gasteiger partial charge in [0.1, 0.15) is 0 Å². The molecule has 0 radical (unpaired) electrons. The van der Waals surface area contributed by atoms with Gasteiger partial charge < -0.3 is 9.26 Å². The summed E-state index contributed by atoms with van der Waals surface area (Å²) in [6.07, 6.45) is 0. The number of hydrogen-bond acceptors (Lipinski definition) is 5. The van der Waals surface area contributed by atoms with Gasteiger partial charge in [0.25, 0.3) is 0 Å². The monoisotopic (exact) mass is 211 g/mol. The first-order chi connectivity index (χ1) is 7.16. The van der Waals surface area contributed by atoms with Crippen LogP contribution in [0.4, 0.5) is 0 Å². The maximum absolute atomic E-state index is 5.20. The highest BCUT2D eigenvalue weighted by molar-refractivity contribution is 4.87. The molecule has 1 aliphatic rings. The molecule has 0 saturated carbocycles. The quantitative estimate of drug-likeness (QED) is 0.743. The van der Waals surface area contributed by atoms with Crippen LogP contribution < -0.4 is 0 Å². The Morgan fingerprint density at radius 3 is 2.60 bits per heavy atom. The van der Waals surface area contributed by atoms with Crippen molar-refractivity contribution < 1.29 is 9.26 Å². The minimum Gasteiger partial charge on any atom is -0.378 e. The summed E-state index contributed by atoms with van der Waals surface area (Å²) in [5.74, 6) is 1.38. The molecule has 0 aliphatic carbocycles. The van der Waals surface area contributed by atoms with Crippen molar-refractivity contribution in [3.8, 4) is 0 Å². The van der Waals surface area contributed by atoms with Crippen LogP contribution in [0.15, 0.2) is 4.52 Å². The van der Waals surface area contributed by atoms with Crippen molar-refractivity contribution in [1.29, 1.82) is 0 Å². The summed E-state index contributed by atoms with van der Waals surface area (Å²) in [6.45, 7) is 8.51. The molecular formula is C10H17N3O2. The normalized spacial score (nSPS) is 17.4. The van der Waals surface area contributed by atoms with Crippen LogP contribution in [0.1, 0.15) is 25.6 Å². The second kappa shape index (κ2) is 4.28. The largest absolute Gasteiger partial charge is 0.378 e. The van der Waals surface area contributed by atoms with Crippen molar-refractivity contribution in [3.05, 3.63) is 11.7 Å². The van der Waals surface area contributed by atoms with E-state index in [0.717, 1.165) is 13.2 Å². The summed E-state index contributed by atoms with van der Waals surface area (Å²) in [4.78, 5) is 6.54. The summed E-state index contributed by atoms with van der Waals surface area (Å²) in [7, 11) is 0. The summed E-state index contributed by atoms with van der Waals surface area (Å²) in [6, 6.07) is 0.961. The maximum Gasteiger partial charge on any atom is 0.240 e. The van der Waals surface area contributed by atoms with Crippen molar-refractivity contribution >= 4 is 0 Å². The lowest BCUT2D eigenvalue weighted by atomic mass is 10.1. The van der Waals surface area contributed by atoms with Gasteiger partial charge in [0, 0.05) is 6.04 Å². The molecule has 5 nitrogen and oxygen atoms in total. The number of aryl methyl sites for hydroxylation is 1. The van der Waals surface area contributed by atoms with E-state index in [9.17, 15) is 0 Å². The zero-order chi connectivity index (χ0) is 10.8. The highest BCUT2D eigenvalue weighted by atomic mass is 16.5. The molecule has 0 atom stereocenters. The molecule has 0 aromatic carbocycles. The molecule has 0 bridgehead atoms. The molecule has 84 valence electrons. The molecule has 1 aromatic heterocycles. The van der Waals surface area contributed by atoms with E-state index >= 15 is 0 Å². The van der Waals surface area contributed by atoms with Crippen LogP contribution in [-0.4, -0.2) is 40.3 Å². The van der Waals surface area contributed by atoms with Crippen LogP contribution in [-0.2, 0) is 11.3 Å². The first-order valence-electron chi connectivity index (χ1n) is 5.29. The lowest BCUT2D eigenvalue weighted by Gasteiger charge is -2.38. The molecule has 15 heavy (non-hydrogen) atoms. The first kappa shape index (κ1) is 10.6. The van der Waals surface area contributed by atoms with Gasteiger partial charge in [-0.15, -0.1) is 0 Å². The zero-order valence-electron chi connectivity index (χ0n) is 9.43. The maximum atomic E-state index is 5.20. The van der Waals surface area contributed by atoms with Crippen molar-refractivity contribution in [1.82, 2.24) is 15.0 Å². The molecule has 0 spiro atoms. The highest BCUT2D eigenvalue weighted by Crippen LogP contribution is 2.16. The van der Waals surface area contributed by atoms with Crippen LogP contribution in [0.25, 0.3) is 0 Å². The molecule has 2 heterocycles. The SMILES string of the molecule is Cc1noc(CN(C(C)C)C2COC2)n1. The Kier molecular flexibility index (Phi) is 3.02. The third-order valence-electron chi connectivity index (χ3n) is 2.64. The van der Waals surface area contributed by atoms with Gasteiger partial charge in [-0.05, 0) is 20.8 Å². The number of nitrogens with zero attached hydrogens (tertiary/aromatic N) is 3. The third-order valence-corrected chi connectivity index (χ3v) is 2.64. The predicted octanol–water partition coefficient (Wildman–Crippen LogP) is 0.987. The van der Waals surface area contributed by atoms with Crippen molar-refractivity contribution in [2.24, 2.45) is 0 Å². The fourth-order valence-corrected chi connectivity index (χ4v) is 1.71. The average molecular weight is 211 g/mol. The Labute approximate surface area is 89.4 Å². The Morgan fingerprint density at radius 1 is 1.47 bits per heavy atom. The highest BCUT2D eigenvalue weighted by Gasteiger charge is 2.29. The molecule has 1 aromatic rings. The minimum absolute atomic E-state index is 0.464. The van der Waals surface area contributed by atoms with Crippen molar-refractivity contribution in [2.45, 2.75) is 39.4 Å². The Morgan fingerprint density at radius 2 is 2.20 bits per heavy atom. The molecule has 0 amide bonds. The van der Waals surface area contributed by atoms with Gasteiger partial charge in [-0.25, -0.2) is 0 Å². The van der Waals surface area contributed by atoms with E-state index in [1.807, 2.05) is 6.92 Å². The first-order valence-corrected chi connectivity index (χ1v) is 5.29. The molecule has 0 N–H and O–H groups in total. The Hall–Kier alpha value is -0.940. The zero-order valence-corrected chi connectivity index (χ0v) is 9.43. The molecular weight excluding hydrogens is 194 g/mol. The van der Waals surface area contributed by atoms with Gasteiger partial charge in [-0.1, -0.05) is 5.16 Å². The number of aromatic nitrogens is 2. The van der Waals surface area contributed by atoms with Gasteiger partial charge in [-0.2, -0.15) is 4.98 Å². The predicted molar refractivity (Wildman–Crippen MR) is 54.3 cm³/mol. The summed E-state index contributed by atoms with van der Waals surface area (Å²) >= 11 is 0. The van der Waals surface area contributed by atoms with E-state index in [-0.39, 0.29) is 0 Å². The van der Waals surface area contributed by atoms with E-state index < -0.39 is 0 Å². The number of hydrogen-bond donors (Lipinski definition) is 0. The molecule has 0 unspecified atom stereocenters. The molecule has 5 heteroatoms. The molecule has 1 aliphatic heterocycles.